The number of para-hydroxylation sites is 2. The molecule has 0 saturated heterocycles. The maximum Gasteiger partial charge on any atom is 0.331 e. The topological polar surface area (TPSA) is 134 Å². The standard InChI is InChI=1S/C34H33N3O8/c1-42-29-14-12-24(22-30(29)43-2)13-15-31(38)35-18-19-44-20-21-45-33(40)17-16-32(39)37-23-27(26-10-6-7-11-28(26)37)34(41)36-25-8-4-3-5-9-25/h3-17,22-23H,18-21H2,1-2H3,(H,35,38)(H,36,41)/b15-13+,17-16+. The minimum atomic E-state index is -0.723. The highest BCUT2D eigenvalue weighted by atomic mass is 16.6. The molecule has 232 valence electrons. The van der Waals surface area contributed by atoms with E-state index in [-0.39, 0.29) is 38.2 Å². The molecular weight excluding hydrogens is 578 g/mol. The molecule has 2 amide bonds. The third-order valence-electron chi connectivity index (χ3n) is 6.44. The highest BCUT2D eigenvalue weighted by molar-refractivity contribution is 6.15. The molecule has 0 fully saturated rings. The Bertz CT molecular complexity index is 1710. The van der Waals surface area contributed by atoms with Crippen molar-refractivity contribution < 1.29 is 38.1 Å². The third-order valence-corrected chi connectivity index (χ3v) is 6.44. The van der Waals surface area contributed by atoms with E-state index in [9.17, 15) is 19.2 Å². The van der Waals surface area contributed by atoms with E-state index in [0.717, 1.165) is 17.7 Å². The zero-order chi connectivity index (χ0) is 32.0. The average Bonchev–Trinajstić information content (AvgIpc) is 3.46. The predicted molar refractivity (Wildman–Crippen MR) is 169 cm³/mol. The maximum atomic E-state index is 12.9. The van der Waals surface area contributed by atoms with Crippen LogP contribution in [0.3, 0.4) is 0 Å². The quantitative estimate of drug-likeness (QED) is 0.121. The molecule has 11 nitrogen and oxygen atoms in total. The molecule has 0 bridgehead atoms. The monoisotopic (exact) mass is 611 g/mol. The molecule has 0 atom stereocenters. The number of allylic oxidation sites excluding steroid dienone is 1. The van der Waals surface area contributed by atoms with Gasteiger partial charge in [-0.2, -0.15) is 0 Å². The summed E-state index contributed by atoms with van der Waals surface area (Å²) < 4.78 is 22.2. The summed E-state index contributed by atoms with van der Waals surface area (Å²) >= 11 is 0. The number of carbonyl (C=O) groups excluding carboxylic acids is 4. The Morgan fingerprint density at radius 2 is 1.56 bits per heavy atom. The fourth-order valence-corrected chi connectivity index (χ4v) is 4.27. The van der Waals surface area contributed by atoms with Gasteiger partial charge in [-0.3, -0.25) is 19.0 Å². The molecule has 1 heterocycles. The van der Waals surface area contributed by atoms with Crippen LogP contribution in [-0.4, -0.2) is 68.8 Å². The van der Waals surface area contributed by atoms with Gasteiger partial charge >= 0.3 is 5.97 Å². The molecular formula is C34H33N3O8. The normalized spacial score (nSPS) is 11.1. The van der Waals surface area contributed by atoms with E-state index >= 15 is 0 Å². The van der Waals surface area contributed by atoms with Gasteiger partial charge in [0.25, 0.3) is 11.8 Å². The van der Waals surface area contributed by atoms with E-state index in [1.165, 1.54) is 23.9 Å². The molecule has 0 unspecified atom stereocenters. The number of hydrogen-bond donors (Lipinski definition) is 2. The smallest absolute Gasteiger partial charge is 0.331 e. The van der Waals surface area contributed by atoms with Crippen LogP contribution in [0.15, 0.2) is 97.2 Å². The summed E-state index contributed by atoms with van der Waals surface area (Å²) in [4.78, 5) is 50.0. The van der Waals surface area contributed by atoms with Crippen molar-refractivity contribution in [3.63, 3.8) is 0 Å². The maximum absolute atomic E-state index is 12.9. The number of carbonyl (C=O) groups is 4. The number of aromatic nitrogens is 1. The molecule has 4 aromatic rings. The van der Waals surface area contributed by atoms with Crippen molar-refractivity contribution in [3.05, 3.63) is 108 Å². The van der Waals surface area contributed by atoms with Crippen molar-refractivity contribution in [1.29, 1.82) is 0 Å². The molecule has 4 rings (SSSR count). The largest absolute Gasteiger partial charge is 0.493 e. The molecule has 11 heteroatoms. The molecule has 0 aliphatic carbocycles. The highest BCUT2D eigenvalue weighted by Gasteiger charge is 2.17. The second kappa shape index (κ2) is 16.2. The van der Waals surface area contributed by atoms with Crippen molar-refractivity contribution in [2.75, 3.05) is 45.9 Å². The van der Waals surface area contributed by atoms with Gasteiger partial charge < -0.3 is 29.6 Å². The molecule has 45 heavy (non-hydrogen) atoms. The first kappa shape index (κ1) is 32.2. The zero-order valence-corrected chi connectivity index (χ0v) is 24.9. The minimum absolute atomic E-state index is 0.0409. The van der Waals surface area contributed by atoms with Crippen molar-refractivity contribution in [1.82, 2.24) is 9.88 Å². The third kappa shape index (κ3) is 9.15. The van der Waals surface area contributed by atoms with Crippen LogP contribution in [0, 0.1) is 0 Å². The number of hydrogen-bond acceptors (Lipinski definition) is 8. The van der Waals surface area contributed by atoms with E-state index in [4.69, 9.17) is 18.9 Å². The molecule has 0 radical (unpaired) electrons. The lowest BCUT2D eigenvalue weighted by molar-refractivity contribution is -0.139. The summed E-state index contributed by atoms with van der Waals surface area (Å²) in [6.45, 7) is 0.532. The van der Waals surface area contributed by atoms with Gasteiger partial charge in [0.05, 0.1) is 38.5 Å². The highest BCUT2D eigenvalue weighted by Crippen LogP contribution is 2.28. The Hall–Kier alpha value is -5.68. The van der Waals surface area contributed by atoms with Crippen LogP contribution >= 0.6 is 0 Å². The molecule has 0 spiro atoms. The van der Waals surface area contributed by atoms with Crippen LogP contribution < -0.4 is 20.1 Å². The molecule has 1 aromatic heterocycles. The fraction of sp³-hybridized carbons (Fsp3) is 0.176. The summed E-state index contributed by atoms with van der Waals surface area (Å²) in [7, 11) is 3.09. The fourth-order valence-electron chi connectivity index (χ4n) is 4.27. The number of ether oxygens (including phenoxy) is 4. The van der Waals surface area contributed by atoms with E-state index < -0.39 is 11.9 Å². The summed E-state index contributed by atoms with van der Waals surface area (Å²) in [5.74, 6) is -0.747. The van der Waals surface area contributed by atoms with Crippen molar-refractivity contribution in [2.24, 2.45) is 0 Å². The summed E-state index contributed by atoms with van der Waals surface area (Å²) in [6.07, 6.45) is 6.59. The Labute approximate surface area is 260 Å². The Kier molecular flexibility index (Phi) is 11.6. The lowest BCUT2D eigenvalue weighted by atomic mass is 10.1. The lowest BCUT2D eigenvalue weighted by Gasteiger charge is -2.07. The Morgan fingerprint density at radius 3 is 2.33 bits per heavy atom. The van der Waals surface area contributed by atoms with Gasteiger partial charge in [-0.15, -0.1) is 0 Å². The van der Waals surface area contributed by atoms with Gasteiger partial charge in [0.1, 0.15) is 6.61 Å². The minimum Gasteiger partial charge on any atom is -0.493 e. The number of rotatable bonds is 14. The Morgan fingerprint density at radius 1 is 0.800 bits per heavy atom. The van der Waals surface area contributed by atoms with Crippen LogP contribution in [0.25, 0.3) is 17.0 Å². The summed E-state index contributed by atoms with van der Waals surface area (Å²) in [5.41, 5.74) is 2.24. The van der Waals surface area contributed by atoms with Crippen molar-refractivity contribution in [3.8, 4) is 11.5 Å². The van der Waals surface area contributed by atoms with E-state index in [1.807, 2.05) is 18.2 Å². The predicted octanol–water partition coefficient (Wildman–Crippen LogP) is 4.50. The summed E-state index contributed by atoms with van der Waals surface area (Å²) in [6, 6.07) is 21.3. The van der Waals surface area contributed by atoms with Gasteiger partial charge in [-0.1, -0.05) is 42.5 Å². The van der Waals surface area contributed by atoms with Crippen LogP contribution in [0.4, 0.5) is 5.69 Å². The van der Waals surface area contributed by atoms with Crippen LogP contribution in [0.5, 0.6) is 11.5 Å². The average molecular weight is 612 g/mol. The first-order chi connectivity index (χ1) is 21.9. The second-order valence-electron chi connectivity index (χ2n) is 9.44. The van der Waals surface area contributed by atoms with E-state index in [2.05, 4.69) is 10.6 Å². The number of esters is 1. The van der Waals surface area contributed by atoms with Gasteiger partial charge in [-0.25, -0.2) is 4.79 Å². The van der Waals surface area contributed by atoms with Crippen LogP contribution in [0.1, 0.15) is 20.7 Å². The number of methoxy groups -OCH3 is 2. The van der Waals surface area contributed by atoms with E-state index in [0.29, 0.717) is 33.7 Å². The molecule has 3 aromatic carbocycles. The number of benzene rings is 3. The SMILES string of the molecule is COc1ccc(/C=C/C(=O)NCCOCCOC(=O)/C=C/C(=O)n2cc(C(=O)Nc3ccccc3)c3ccccc32)cc1OC. The van der Waals surface area contributed by atoms with Crippen LogP contribution in [-0.2, 0) is 19.1 Å². The lowest BCUT2D eigenvalue weighted by Crippen LogP contribution is -2.26. The van der Waals surface area contributed by atoms with E-state index in [1.54, 1.807) is 67.8 Å². The van der Waals surface area contributed by atoms with Crippen molar-refractivity contribution >= 4 is 46.4 Å². The number of nitrogens with one attached hydrogen (secondary N) is 2. The first-order valence-electron chi connectivity index (χ1n) is 14.0. The molecule has 0 aliphatic heterocycles. The van der Waals surface area contributed by atoms with Gasteiger partial charge in [0, 0.05) is 42.0 Å². The number of nitrogens with zero attached hydrogens (tertiary/aromatic N) is 1. The van der Waals surface area contributed by atoms with Gasteiger partial charge in [-0.05, 0) is 42.0 Å². The molecule has 2 N–H and O–H groups in total. The Balaban J connectivity index is 1.18. The molecule has 0 aliphatic rings. The number of fused-ring (bicyclic) bond motifs is 1. The number of anilines is 1. The second-order valence-corrected chi connectivity index (χ2v) is 9.44. The van der Waals surface area contributed by atoms with Crippen LogP contribution in [0.2, 0.25) is 0 Å². The van der Waals surface area contributed by atoms with Gasteiger partial charge in [0.15, 0.2) is 11.5 Å². The summed E-state index contributed by atoms with van der Waals surface area (Å²) in [5, 5.41) is 6.11. The molecule has 0 saturated carbocycles. The first-order valence-corrected chi connectivity index (χ1v) is 14.0. The van der Waals surface area contributed by atoms with Crippen molar-refractivity contribution in [2.45, 2.75) is 0 Å². The van der Waals surface area contributed by atoms with Gasteiger partial charge in [0.2, 0.25) is 5.91 Å². The zero-order valence-electron chi connectivity index (χ0n) is 24.9. The number of amides is 2.